The van der Waals surface area contributed by atoms with Crippen LogP contribution in [0, 0.1) is 0 Å². The number of hydrogen-bond acceptors (Lipinski definition) is 7. The van der Waals surface area contributed by atoms with Crippen LogP contribution in [0.1, 0.15) is 17.8 Å². The summed E-state index contributed by atoms with van der Waals surface area (Å²) in [6.45, 7) is 1.88. The molecule has 0 radical (unpaired) electrons. The molecule has 9 heteroatoms. The number of carbonyl (C=O) groups excluding carboxylic acids is 1. The first-order chi connectivity index (χ1) is 16.6. The number of para-hydroxylation sites is 2. The summed E-state index contributed by atoms with van der Waals surface area (Å²) in [5.41, 5.74) is 2.73. The van der Waals surface area contributed by atoms with E-state index in [0.717, 1.165) is 16.2 Å². The number of nitrogens with one attached hydrogen (secondary N) is 2. The highest BCUT2D eigenvalue weighted by atomic mass is 32.1. The summed E-state index contributed by atoms with van der Waals surface area (Å²) in [5, 5.41) is 13.1. The van der Waals surface area contributed by atoms with E-state index in [-0.39, 0.29) is 5.91 Å². The first kappa shape index (κ1) is 21.7. The van der Waals surface area contributed by atoms with E-state index in [1.807, 2.05) is 73.0 Å². The molecule has 0 saturated carbocycles. The number of carbonyl (C=O) groups is 1. The predicted molar refractivity (Wildman–Crippen MR) is 132 cm³/mol. The average Bonchev–Trinajstić information content (AvgIpc) is 3.54. The smallest absolute Gasteiger partial charge is 0.256 e. The van der Waals surface area contributed by atoms with Gasteiger partial charge in [-0.1, -0.05) is 18.2 Å². The van der Waals surface area contributed by atoms with Crippen LogP contribution < -0.4 is 20.1 Å². The second-order valence-corrected chi connectivity index (χ2v) is 8.65. The molecule has 0 aliphatic carbocycles. The molecule has 8 nitrogen and oxygen atoms in total. The fourth-order valence-corrected chi connectivity index (χ4v) is 4.77. The quantitative estimate of drug-likeness (QED) is 0.412. The number of benzene rings is 2. The Morgan fingerprint density at radius 2 is 1.85 bits per heavy atom. The van der Waals surface area contributed by atoms with Crippen molar-refractivity contribution in [1.82, 2.24) is 14.8 Å². The van der Waals surface area contributed by atoms with E-state index in [2.05, 4.69) is 10.6 Å². The normalized spacial score (nSPS) is 14.9. The molecule has 1 aliphatic heterocycles. The lowest BCUT2D eigenvalue weighted by Crippen LogP contribution is -2.31. The van der Waals surface area contributed by atoms with Gasteiger partial charge >= 0.3 is 0 Å². The molecule has 1 atom stereocenters. The lowest BCUT2D eigenvalue weighted by molar-refractivity contribution is -0.113. The molecular weight excluding hydrogens is 450 g/mol. The standard InChI is InChI=1S/C25H23N5O3S/c1-15-21(24(31)27-18-7-4-5-8-19(18)33-3)22(20-9-6-14-34-20)30-25(26-15)28-23(29-30)16-10-12-17(32-2)13-11-16/h4-14,22H,1-3H3,(H,27,31)(H,26,28,29)/t22-/m1/s1. The van der Waals surface area contributed by atoms with E-state index >= 15 is 0 Å². The number of rotatable bonds is 6. The summed E-state index contributed by atoms with van der Waals surface area (Å²) in [6.07, 6.45) is 0. The maximum Gasteiger partial charge on any atom is 0.256 e. The molecule has 2 aromatic heterocycles. The molecule has 0 bridgehead atoms. The van der Waals surface area contributed by atoms with E-state index in [9.17, 15) is 4.79 Å². The van der Waals surface area contributed by atoms with Gasteiger partial charge in [0.2, 0.25) is 5.95 Å². The zero-order valence-electron chi connectivity index (χ0n) is 18.9. The van der Waals surface area contributed by atoms with Gasteiger partial charge in [0.25, 0.3) is 5.91 Å². The lowest BCUT2D eigenvalue weighted by Gasteiger charge is -2.27. The van der Waals surface area contributed by atoms with E-state index in [1.165, 1.54) is 0 Å². The molecule has 2 N–H and O–H groups in total. The maximum atomic E-state index is 13.6. The zero-order valence-corrected chi connectivity index (χ0v) is 19.7. The fourth-order valence-electron chi connectivity index (χ4n) is 3.95. The van der Waals surface area contributed by atoms with Gasteiger partial charge in [-0.25, -0.2) is 4.68 Å². The minimum atomic E-state index is -0.426. The Labute approximate surface area is 200 Å². The number of fused-ring (bicyclic) bond motifs is 1. The molecule has 1 aliphatic rings. The summed E-state index contributed by atoms with van der Waals surface area (Å²) in [4.78, 5) is 19.3. The molecule has 3 heterocycles. The van der Waals surface area contributed by atoms with Crippen molar-refractivity contribution in [3.63, 3.8) is 0 Å². The van der Waals surface area contributed by atoms with Gasteiger partial charge in [-0.2, -0.15) is 4.98 Å². The first-order valence-electron chi connectivity index (χ1n) is 10.7. The highest BCUT2D eigenvalue weighted by Gasteiger charge is 2.35. The molecule has 0 spiro atoms. The number of hydrogen-bond donors (Lipinski definition) is 2. The Morgan fingerprint density at radius 1 is 1.06 bits per heavy atom. The topological polar surface area (TPSA) is 90.3 Å². The summed E-state index contributed by atoms with van der Waals surface area (Å²) in [5.74, 6) is 2.26. The van der Waals surface area contributed by atoms with Crippen molar-refractivity contribution in [2.45, 2.75) is 13.0 Å². The third kappa shape index (κ3) is 3.90. The van der Waals surface area contributed by atoms with Crippen molar-refractivity contribution < 1.29 is 14.3 Å². The van der Waals surface area contributed by atoms with Crippen LogP contribution >= 0.6 is 11.3 Å². The molecule has 172 valence electrons. The van der Waals surface area contributed by atoms with Gasteiger partial charge in [0.1, 0.15) is 17.5 Å². The van der Waals surface area contributed by atoms with Crippen molar-refractivity contribution in [3.05, 3.63) is 82.2 Å². The third-order valence-corrected chi connectivity index (χ3v) is 6.54. The molecule has 1 amide bonds. The minimum Gasteiger partial charge on any atom is -0.497 e. The van der Waals surface area contributed by atoms with Crippen LogP contribution in [0.15, 0.2) is 77.3 Å². The molecule has 34 heavy (non-hydrogen) atoms. The second kappa shape index (κ2) is 9.03. The van der Waals surface area contributed by atoms with Crippen LogP contribution in [0.2, 0.25) is 0 Å². The summed E-state index contributed by atoms with van der Waals surface area (Å²) < 4.78 is 12.4. The summed E-state index contributed by atoms with van der Waals surface area (Å²) >= 11 is 1.57. The van der Waals surface area contributed by atoms with E-state index in [4.69, 9.17) is 19.6 Å². The van der Waals surface area contributed by atoms with Crippen molar-refractivity contribution in [2.75, 3.05) is 24.9 Å². The maximum absolute atomic E-state index is 13.6. The number of amides is 1. The summed E-state index contributed by atoms with van der Waals surface area (Å²) in [6, 6.07) is 18.4. The van der Waals surface area contributed by atoms with Crippen LogP contribution in [0.25, 0.3) is 11.4 Å². The number of allylic oxidation sites excluding steroid dienone is 1. The van der Waals surface area contributed by atoms with Crippen molar-refractivity contribution in [2.24, 2.45) is 0 Å². The van der Waals surface area contributed by atoms with E-state index in [0.29, 0.717) is 34.5 Å². The monoisotopic (exact) mass is 473 g/mol. The van der Waals surface area contributed by atoms with Gasteiger partial charge in [0.05, 0.1) is 25.5 Å². The number of thiophene rings is 1. The molecule has 0 saturated heterocycles. The van der Waals surface area contributed by atoms with E-state index in [1.54, 1.807) is 30.2 Å². The van der Waals surface area contributed by atoms with Crippen LogP contribution in [-0.2, 0) is 4.79 Å². The van der Waals surface area contributed by atoms with Gasteiger partial charge in [-0.15, -0.1) is 16.4 Å². The van der Waals surface area contributed by atoms with E-state index < -0.39 is 6.04 Å². The predicted octanol–water partition coefficient (Wildman–Crippen LogP) is 4.95. The number of aromatic nitrogens is 3. The van der Waals surface area contributed by atoms with Gasteiger partial charge in [-0.3, -0.25) is 4.79 Å². The van der Waals surface area contributed by atoms with Gasteiger partial charge < -0.3 is 20.1 Å². The first-order valence-corrected chi connectivity index (χ1v) is 11.5. The largest absolute Gasteiger partial charge is 0.497 e. The van der Waals surface area contributed by atoms with Crippen molar-refractivity contribution >= 4 is 28.9 Å². The van der Waals surface area contributed by atoms with Gasteiger partial charge in [0, 0.05) is 16.1 Å². The Bertz CT molecular complexity index is 1360. The van der Waals surface area contributed by atoms with Crippen LogP contribution in [0.4, 0.5) is 11.6 Å². The Hall–Kier alpha value is -4.11. The van der Waals surface area contributed by atoms with Crippen molar-refractivity contribution in [1.29, 1.82) is 0 Å². The molecule has 4 aromatic rings. The molecular formula is C25H23N5O3S. The molecule has 0 unspecified atom stereocenters. The van der Waals surface area contributed by atoms with Crippen LogP contribution in [0.5, 0.6) is 11.5 Å². The lowest BCUT2D eigenvalue weighted by atomic mass is 10.0. The van der Waals surface area contributed by atoms with Crippen LogP contribution in [-0.4, -0.2) is 34.9 Å². The Balaban J connectivity index is 1.55. The third-order valence-electron chi connectivity index (χ3n) is 5.61. The zero-order chi connectivity index (χ0) is 23.7. The number of nitrogens with zero attached hydrogens (tertiary/aromatic N) is 3. The minimum absolute atomic E-state index is 0.236. The highest BCUT2D eigenvalue weighted by Crippen LogP contribution is 2.39. The average molecular weight is 474 g/mol. The molecule has 5 rings (SSSR count). The van der Waals surface area contributed by atoms with Gasteiger partial charge in [0.15, 0.2) is 5.82 Å². The summed E-state index contributed by atoms with van der Waals surface area (Å²) in [7, 11) is 3.21. The van der Waals surface area contributed by atoms with Crippen molar-refractivity contribution in [3.8, 4) is 22.9 Å². The Kier molecular flexibility index (Phi) is 5.77. The SMILES string of the molecule is COc1ccc(-c2nc3n(n2)[C@H](c2cccs2)C(C(=O)Nc2ccccc2OC)=C(C)N3)cc1. The fraction of sp³-hybridized carbons (Fsp3) is 0.160. The Morgan fingerprint density at radius 3 is 2.56 bits per heavy atom. The number of ether oxygens (including phenoxy) is 2. The van der Waals surface area contributed by atoms with Gasteiger partial charge in [-0.05, 0) is 54.8 Å². The second-order valence-electron chi connectivity index (χ2n) is 7.67. The number of anilines is 2. The number of methoxy groups -OCH3 is 2. The molecule has 0 fully saturated rings. The highest BCUT2D eigenvalue weighted by molar-refractivity contribution is 7.10. The van der Waals surface area contributed by atoms with Crippen LogP contribution in [0.3, 0.4) is 0 Å². The molecule has 2 aromatic carbocycles.